The van der Waals surface area contributed by atoms with Crippen LogP contribution in [0.1, 0.15) is 24.0 Å². The van der Waals surface area contributed by atoms with E-state index in [2.05, 4.69) is 28.4 Å². The van der Waals surface area contributed by atoms with E-state index in [4.69, 9.17) is 17.5 Å². The monoisotopic (exact) mass is 301 g/mol. The SMILES string of the molecule is N#Cc1ccc(C[NH+]2CCN(C(=S)NC3CC3)CC2)cc1. The van der Waals surface area contributed by atoms with Crippen LogP contribution in [0.5, 0.6) is 0 Å². The minimum Gasteiger partial charge on any atom is -0.360 e. The van der Waals surface area contributed by atoms with E-state index in [1.807, 2.05) is 12.1 Å². The van der Waals surface area contributed by atoms with Gasteiger partial charge in [-0.05, 0) is 37.2 Å². The molecule has 110 valence electrons. The van der Waals surface area contributed by atoms with Crippen molar-refractivity contribution in [1.29, 1.82) is 5.26 Å². The lowest BCUT2D eigenvalue weighted by molar-refractivity contribution is -0.917. The van der Waals surface area contributed by atoms with E-state index in [-0.39, 0.29) is 0 Å². The first-order valence-corrected chi connectivity index (χ1v) is 8.03. The summed E-state index contributed by atoms with van der Waals surface area (Å²) in [7, 11) is 0. The summed E-state index contributed by atoms with van der Waals surface area (Å²) in [6.07, 6.45) is 2.54. The van der Waals surface area contributed by atoms with Gasteiger partial charge in [0, 0.05) is 11.6 Å². The standard InChI is InChI=1S/C16H20N4S/c17-11-13-1-3-14(4-2-13)12-19-7-9-20(10-8-19)16(21)18-15-5-6-15/h1-4,15H,5-10,12H2,(H,18,21)/p+1. The second-order valence-corrected chi connectivity index (χ2v) is 6.33. The molecule has 1 aliphatic carbocycles. The summed E-state index contributed by atoms with van der Waals surface area (Å²) in [6, 6.07) is 10.7. The summed E-state index contributed by atoms with van der Waals surface area (Å²) in [4.78, 5) is 3.89. The van der Waals surface area contributed by atoms with Crippen molar-refractivity contribution in [2.24, 2.45) is 0 Å². The molecular weight excluding hydrogens is 280 g/mol. The number of thiocarbonyl (C=S) groups is 1. The fourth-order valence-corrected chi connectivity index (χ4v) is 3.03. The Bertz CT molecular complexity index is 536. The van der Waals surface area contributed by atoms with Crippen molar-refractivity contribution in [1.82, 2.24) is 10.2 Å². The molecule has 4 nitrogen and oxygen atoms in total. The van der Waals surface area contributed by atoms with Gasteiger partial charge in [-0.25, -0.2) is 0 Å². The molecule has 1 saturated heterocycles. The summed E-state index contributed by atoms with van der Waals surface area (Å²) in [6.45, 7) is 5.33. The maximum absolute atomic E-state index is 8.82. The van der Waals surface area contributed by atoms with Crippen LogP contribution in [0, 0.1) is 11.3 Å². The predicted molar refractivity (Wildman–Crippen MR) is 85.9 cm³/mol. The normalized spacial score (nSPS) is 19.1. The molecule has 1 aliphatic heterocycles. The highest BCUT2D eigenvalue weighted by Gasteiger charge is 2.26. The number of nitriles is 1. The molecule has 3 rings (SSSR count). The molecule has 0 spiro atoms. The third-order valence-electron chi connectivity index (χ3n) is 4.20. The van der Waals surface area contributed by atoms with E-state index in [0.29, 0.717) is 6.04 Å². The third kappa shape index (κ3) is 3.93. The second kappa shape index (κ2) is 6.42. The van der Waals surface area contributed by atoms with Crippen LogP contribution >= 0.6 is 12.2 Å². The molecule has 0 unspecified atom stereocenters. The fourth-order valence-electron chi connectivity index (χ4n) is 2.68. The van der Waals surface area contributed by atoms with E-state index >= 15 is 0 Å². The number of benzene rings is 1. The van der Waals surface area contributed by atoms with Gasteiger partial charge in [-0.2, -0.15) is 5.26 Å². The Hall–Kier alpha value is -1.64. The van der Waals surface area contributed by atoms with Crippen LogP contribution < -0.4 is 10.2 Å². The molecular formula is C16H21N4S+. The van der Waals surface area contributed by atoms with Crippen LogP contribution in [0.2, 0.25) is 0 Å². The Morgan fingerprint density at radius 2 is 1.95 bits per heavy atom. The Kier molecular flexibility index (Phi) is 4.37. The molecule has 5 heteroatoms. The average molecular weight is 301 g/mol. The summed E-state index contributed by atoms with van der Waals surface area (Å²) in [5.74, 6) is 0. The molecule has 1 saturated carbocycles. The highest BCUT2D eigenvalue weighted by Crippen LogP contribution is 2.18. The van der Waals surface area contributed by atoms with Crippen LogP contribution in [0.25, 0.3) is 0 Å². The summed E-state index contributed by atoms with van der Waals surface area (Å²) in [5.41, 5.74) is 2.03. The number of hydrogen-bond donors (Lipinski definition) is 2. The number of piperazine rings is 1. The van der Waals surface area contributed by atoms with Gasteiger partial charge in [-0.3, -0.25) is 0 Å². The number of hydrogen-bond acceptors (Lipinski definition) is 2. The quantitative estimate of drug-likeness (QED) is 0.788. The molecule has 1 aromatic carbocycles. The molecule has 2 fully saturated rings. The van der Waals surface area contributed by atoms with Gasteiger partial charge in [0.25, 0.3) is 0 Å². The van der Waals surface area contributed by atoms with E-state index in [1.165, 1.54) is 18.4 Å². The summed E-state index contributed by atoms with van der Waals surface area (Å²) in [5, 5.41) is 13.2. The zero-order chi connectivity index (χ0) is 14.7. The van der Waals surface area contributed by atoms with Crippen LogP contribution in [0.3, 0.4) is 0 Å². The van der Waals surface area contributed by atoms with Gasteiger partial charge in [-0.1, -0.05) is 12.1 Å². The largest absolute Gasteiger partial charge is 0.360 e. The molecule has 2 N–H and O–H groups in total. The Labute approximate surface area is 131 Å². The van der Waals surface area contributed by atoms with E-state index in [0.717, 1.165) is 43.4 Å². The number of nitrogens with zero attached hydrogens (tertiary/aromatic N) is 2. The molecule has 1 heterocycles. The highest BCUT2D eigenvalue weighted by atomic mass is 32.1. The molecule has 21 heavy (non-hydrogen) atoms. The van der Waals surface area contributed by atoms with Crippen molar-refractivity contribution in [3.05, 3.63) is 35.4 Å². The van der Waals surface area contributed by atoms with Gasteiger partial charge in [0.2, 0.25) is 0 Å². The van der Waals surface area contributed by atoms with Gasteiger partial charge < -0.3 is 15.1 Å². The van der Waals surface area contributed by atoms with E-state index < -0.39 is 0 Å². The maximum Gasteiger partial charge on any atom is 0.169 e. The number of rotatable bonds is 3. The van der Waals surface area contributed by atoms with Crippen molar-refractivity contribution in [3.63, 3.8) is 0 Å². The van der Waals surface area contributed by atoms with E-state index in [1.54, 1.807) is 4.90 Å². The van der Waals surface area contributed by atoms with Gasteiger partial charge in [0.15, 0.2) is 5.11 Å². The first kappa shape index (κ1) is 14.3. The fraction of sp³-hybridized carbons (Fsp3) is 0.500. The molecule has 1 aromatic rings. The Balaban J connectivity index is 1.46. The van der Waals surface area contributed by atoms with Crippen molar-refractivity contribution in [2.75, 3.05) is 26.2 Å². The molecule has 0 bridgehead atoms. The summed E-state index contributed by atoms with van der Waals surface area (Å²) >= 11 is 5.46. The van der Waals surface area contributed by atoms with Crippen molar-refractivity contribution in [3.8, 4) is 6.07 Å². The van der Waals surface area contributed by atoms with E-state index in [9.17, 15) is 0 Å². The maximum atomic E-state index is 8.82. The van der Waals surface area contributed by atoms with Gasteiger partial charge in [0.05, 0.1) is 37.8 Å². The number of quaternary nitrogens is 1. The molecule has 2 aliphatic rings. The average Bonchev–Trinajstić information content (AvgIpc) is 3.33. The lowest BCUT2D eigenvalue weighted by atomic mass is 10.1. The van der Waals surface area contributed by atoms with Gasteiger partial charge in [-0.15, -0.1) is 0 Å². The lowest BCUT2D eigenvalue weighted by Crippen LogP contribution is -3.13. The van der Waals surface area contributed by atoms with Crippen LogP contribution in [0.15, 0.2) is 24.3 Å². The third-order valence-corrected chi connectivity index (χ3v) is 4.58. The van der Waals surface area contributed by atoms with Crippen LogP contribution in [-0.2, 0) is 6.54 Å². The minimum atomic E-state index is 0.640. The Morgan fingerprint density at radius 1 is 1.29 bits per heavy atom. The summed E-state index contributed by atoms with van der Waals surface area (Å²) < 4.78 is 0. The minimum absolute atomic E-state index is 0.640. The first-order chi connectivity index (χ1) is 10.2. The van der Waals surface area contributed by atoms with Gasteiger partial charge >= 0.3 is 0 Å². The predicted octanol–water partition coefficient (Wildman–Crippen LogP) is 0.296. The lowest BCUT2D eigenvalue weighted by Gasteiger charge is -2.34. The number of nitrogens with one attached hydrogen (secondary N) is 2. The molecule has 0 amide bonds. The highest BCUT2D eigenvalue weighted by molar-refractivity contribution is 7.80. The zero-order valence-electron chi connectivity index (χ0n) is 12.1. The second-order valence-electron chi connectivity index (χ2n) is 5.95. The molecule has 0 radical (unpaired) electrons. The van der Waals surface area contributed by atoms with Crippen molar-refractivity contribution < 1.29 is 4.90 Å². The van der Waals surface area contributed by atoms with Gasteiger partial charge in [0.1, 0.15) is 6.54 Å². The van der Waals surface area contributed by atoms with Crippen molar-refractivity contribution >= 4 is 17.3 Å². The van der Waals surface area contributed by atoms with Crippen LogP contribution in [-0.4, -0.2) is 42.2 Å². The first-order valence-electron chi connectivity index (χ1n) is 7.62. The molecule has 0 atom stereocenters. The molecule has 0 aromatic heterocycles. The van der Waals surface area contributed by atoms with Crippen molar-refractivity contribution in [2.45, 2.75) is 25.4 Å². The smallest absolute Gasteiger partial charge is 0.169 e. The Morgan fingerprint density at radius 3 is 2.52 bits per heavy atom. The van der Waals surface area contributed by atoms with Crippen LogP contribution in [0.4, 0.5) is 0 Å². The topological polar surface area (TPSA) is 43.5 Å². The zero-order valence-corrected chi connectivity index (χ0v) is 13.0.